The summed E-state index contributed by atoms with van der Waals surface area (Å²) in [6.07, 6.45) is 18.7. The average Bonchev–Trinajstić information content (AvgIpc) is 3.18. The van der Waals surface area contributed by atoms with E-state index in [0.717, 1.165) is 41.4 Å². The third-order valence-corrected chi connectivity index (χ3v) is 11.5. The standard InChI is InChI=1S/C28H40NSe/c1-18-14-15-28(30)22(17-18)8-9-26-25-11-10-23(24(25)12-13-27(26)28)19(2)6-7-21-5-4-16-29-20(21)3/h4-5,8,16,18-19,23-27H,6-7,9-15,17H2,1-3H3. The zero-order valence-corrected chi connectivity index (χ0v) is 21.0. The molecule has 3 saturated carbocycles. The van der Waals surface area contributed by atoms with Gasteiger partial charge in [0.15, 0.2) is 0 Å². The van der Waals surface area contributed by atoms with Gasteiger partial charge in [0.05, 0.1) is 0 Å². The number of fused-ring (bicyclic) bond motifs is 5. The van der Waals surface area contributed by atoms with E-state index in [2.05, 4.69) is 60.0 Å². The SMILES string of the molecule is Cc1ncccc1CCC(C)C1CCC2C1CCC1C2CC=C2CC(C)CCC21[Se]. The molecule has 1 aromatic rings. The Morgan fingerprint density at radius 1 is 1.13 bits per heavy atom. The molecule has 0 saturated heterocycles. The Bertz CT molecular complexity index is 800. The first-order valence-electron chi connectivity index (χ1n) is 12.8. The van der Waals surface area contributed by atoms with Gasteiger partial charge in [0, 0.05) is 6.20 Å². The Morgan fingerprint density at radius 2 is 1.97 bits per heavy atom. The van der Waals surface area contributed by atoms with Crippen molar-refractivity contribution in [2.75, 3.05) is 0 Å². The Kier molecular flexibility index (Phi) is 5.95. The average molecular weight is 470 g/mol. The summed E-state index contributed by atoms with van der Waals surface area (Å²) in [5.41, 5.74) is 4.49. The molecule has 163 valence electrons. The first-order chi connectivity index (χ1) is 14.5. The van der Waals surface area contributed by atoms with Crippen molar-refractivity contribution in [3.63, 3.8) is 0 Å². The van der Waals surface area contributed by atoms with Crippen molar-refractivity contribution in [2.45, 2.75) is 89.3 Å². The topological polar surface area (TPSA) is 12.9 Å². The Balaban J connectivity index is 1.27. The molecule has 0 bridgehead atoms. The van der Waals surface area contributed by atoms with Crippen molar-refractivity contribution in [2.24, 2.45) is 41.4 Å². The van der Waals surface area contributed by atoms with Gasteiger partial charge in [-0.1, -0.05) is 0 Å². The van der Waals surface area contributed by atoms with Crippen LogP contribution in [0.3, 0.4) is 0 Å². The molecule has 1 radical (unpaired) electrons. The molecule has 4 aliphatic rings. The van der Waals surface area contributed by atoms with Crippen LogP contribution in [0, 0.1) is 48.3 Å². The van der Waals surface area contributed by atoms with E-state index < -0.39 is 0 Å². The van der Waals surface area contributed by atoms with Crippen LogP contribution in [0.1, 0.15) is 82.9 Å². The van der Waals surface area contributed by atoms with E-state index in [1.54, 1.807) is 5.57 Å². The van der Waals surface area contributed by atoms with Gasteiger partial charge in [-0.15, -0.1) is 0 Å². The minimum absolute atomic E-state index is 0.419. The fraction of sp³-hybridized carbons (Fsp3) is 0.750. The molecule has 3 fully saturated rings. The van der Waals surface area contributed by atoms with E-state index in [0.29, 0.717) is 4.31 Å². The summed E-state index contributed by atoms with van der Waals surface area (Å²) in [5, 5.41) is 0. The molecule has 0 amide bonds. The van der Waals surface area contributed by atoms with Crippen LogP contribution in [0.4, 0.5) is 0 Å². The van der Waals surface area contributed by atoms with Gasteiger partial charge < -0.3 is 0 Å². The van der Waals surface area contributed by atoms with Crippen LogP contribution in [0.2, 0.25) is 4.31 Å². The van der Waals surface area contributed by atoms with Gasteiger partial charge in [0.1, 0.15) is 0 Å². The van der Waals surface area contributed by atoms with Gasteiger partial charge in [0.25, 0.3) is 0 Å². The maximum atomic E-state index is 4.50. The van der Waals surface area contributed by atoms with Crippen molar-refractivity contribution in [3.05, 3.63) is 41.2 Å². The molecule has 1 heterocycles. The Morgan fingerprint density at radius 3 is 2.80 bits per heavy atom. The van der Waals surface area contributed by atoms with Gasteiger partial charge in [-0.3, -0.25) is 0 Å². The van der Waals surface area contributed by atoms with Crippen molar-refractivity contribution >= 4 is 16.0 Å². The summed E-state index contributed by atoms with van der Waals surface area (Å²) >= 11 is 3.80. The van der Waals surface area contributed by atoms with Crippen LogP contribution in [0.25, 0.3) is 0 Å². The normalized spacial score (nSPS) is 41.4. The third kappa shape index (κ3) is 3.65. The molecule has 30 heavy (non-hydrogen) atoms. The van der Waals surface area contributed by atoms with E-state index in [1.807, 2.05) is 6.20 Å². The molecule has 1 nitrogen and oxygen atoms in total. The predicted molar refractivity (Wildman–Crippen MR) is 127 cm³/mol. The van der Waals surface area contributed by atoms with Crippen LogP contribution >= 0.6 is 0 Å². The quantitative estimate of drug-likeness (QED) is 0.338. The Hall–Kier alpha value is -0.591. The van der Waals surface area contributed by atoms with Gasteiger partial charge >= 0.3 is 187 Å². The summed E-state index contributed by atoms with van der Waals surface area (Å²) < 4.78 is 0.419. The number of hydrogen-bond donors (Lipinski definition) is 0. The van der Waals surface area contributed by atoms with Crippen molar-refractivity contribution in [3.8, 4) is 0 Å². The monoisotopic (exact) mass is 470 g/mol. The summed E-state index contributed by atoms with van der Waals surface area (Å²) in [4.78, 5) is 4.50. The zero-order chi connectivity index (χ0) is 20.9. The van der Waals surface area contributed by atoms with Crippen LogP contribution < -0.4 is 0 Å². The molecular weight excluding hydrogens is 429 g/mol. The first kappa shape index (κ1) is 21.3. The van der Waals surface area contributed by atoms with Gasteiger partial charge in [0.2, 0.25) is 0 Å². The number of aryl methyl sites for hydroxylation is 2. The van der Waals surface area contributed by atoms with Crippen LogP contribution in [0.5, 0.6) is 0 Å². The predicted octanol–water partition coefficient (Wildman–Crippen LogP) is 7.10. The van der Waals surface area contributed by atoms with E-state index in [9.17, 15) is 0 Å². The van der Waals surface area contributed by atoms with E-state index in [1.165, 1.54) is 75.5 Å². The van der Waals surface area contributed by atoms with E-state index >= 15 is 0 Å². The number of aromatic nitrogens is 1. The van der Waals surface area contributed by atoms with Gasteiger partial charge in [-0.25, -0.2) is 0 Å². The van der Waals surface area contributed by atoms with Crippen LogP contribution in [0.15, 0.2) is 30.0 Å². The molecular formula is C28H40NSe. The molecule has 8 unspecified atom stereocenters. The molecule has 0 N–H and O–H groups in total. The number of nitrogens with zero attached hydrogens (tertiary/aromatic N) is 1. The molecule has 0 aliphatic heterocycles. The summed E-state index contributed by atoms with van der Waals surface area (Å²) in [6.45, 7) is 7.18. The van der Waals surface area contributed by atoms with Gasteiger partial charge in [-0.2, -0.15) is 0 Å². The minimum atomic E-state index is 0.419. The molecule has 1 aromatic heterocycles. The molecule has 0 spiro atoms. The van der Waals surface area contributed by atoms with Crippen molar-refractivity contribution < 1.29 is 0 Å². The summed E-state index contributed by atoms with van der Waals surface area (Å²) in [5.74, 6) is 6.59. The molecule has 0 aromatic carbocycles. The zero-order valence-electron chi connectivity index (χ0n) is 19.3. The fourth-order valence-corrected chi connectivity index (χ4v) is 9.42. The molecule has 4 aliphatic carbocycles. The summed E-state index contributed by atoms with van der Waals surface area (Å²) in [7, 11) is 0. The molecule has 5 rings (SSSR count). The fourth-order valence-electron chi connectivity index (χ4n) is 8.21. The number of allylic oxidation sites excluding steroid dienone is 2. The number of rotatable bonds is 4. The first-order valence-corrected chi connectivity index (χ1v) is 13.6. The van der Waals surface area contributed by atoms with E-state index in [-0.39, 0.29) is 0 Å². The van der Waals surface area contributed by atoms with Crippen molar-refractivity contribution in [1.82, 2.24) is 4.98 Å². The third-order valence-electron chi connectivity index (χ3n) is 9.88. The van der Waals surface area contributed by atoms with Crippen LogP contribution in [-0.4, -0.2) is 21.0 Å². The van der Waals surface area contributed by atoms with Crippen LogP contribution in [-0.2, 0) is 6.42 Å². The summed E-state index contributed by atoms with van der Waals surface area (Å²) in [6, 6.07) is 4.39. The van der Waals surface area contributed by atoms with Gasteiger partial charge in [-0.05, 0) is 0 Å². The second-order valence-corrected chi connectivity index (χ2v) is 12.9. The van der Waals surface area contributed by atoms with E-state index in [4.69, 9.17) is 0 Å². The molecule has 8 atom stereocenters. The molecule has 2 heteroatoms. The second kappa shape index (κ2) is 8.40. The Labute approximate surface area is 192 Å². The van der Waals surface area contributed by atoms with Crippen molar-refractivity contribution in [1.29, 1.82) is 0 Å². The maximum absolute atomic E-state index is 4.50. The number of hydrogen-bond acceptors (Lipinski definition) is 1. The second-order valence-electron chi connectivity index (χ2n) is 11.4. The number of pyridine rings is 1.